The van der Waals surface area contributed by atoms with E-state index in [-0.39, 0.29) is 0 Å². The molecule has 30 heavy (non-hydrogen) atoms. The fourth-order valence-corrected chi connectivity index (χ4v) is 3.85. The van der Waals surface area contributed by atoms with Gasteiger partial charge < -0.3 is 9.32 Å². The molecule has 0 fully saturated rings. The molecule has 0 saturated carbocycles. The van der Waals surface area contributed by atoms with Gasteiger partial charge in [0.15, 0.2) is 17.2 Å². The molecule has 0 amide bonds. The molecule has 2 aromatic carbocycles. The number of hydrogen-bond donors (Lipinski definition) is 0. The summed E-state index contributed by atoms with van der Waals surface area (Å²) in [7, 11) is 0. The molecule has 1 aliphatic carbocycles. The Morgan fingerprint density at radius 3 is 2.47 bits per heavy atom. The number of nitrogens with zero attached hydrogens (tertiary/aromatic N) is 4. The average molecular weight is 394 g/mol. The van der Waals surface area contributed by atoms with Gasteiger partial charge in [0.05, 0.1) is 5.36 Å². The highest BCUT2D eigenvalue weighted by Gasteiger charge is 2.15. The second kappa shape index (κ2) is 7.59. The molecule has 148 valence electrons. The van der Waals surface area contributed by atoms with Crippen LogP contribution in [0.3, 0.4) is 0 Å². The molecular formula is C25H22N4O. The van der Waals surface area contributed by atoms with E-state index in [1.807, 2.05) is 42.5 Å². The predicted molar refractivity (Wildman–Crippen MR) is 121 cm³/mol. The summed E-state index contributed by atoms with van der Waals surface area (Å²) in [6, 6.07) is 22.0. The van der Waals surface area contributed by atoms with Crippen LogP contribution in [0.25, 0.3) is 33.3 Å². The molecule has 0 radical (unpaired) electrons. The molecule has 3 aromatic rings. The second-order valence-corrected chi connectivity index (χ2v) is 7.13. The van der Waals surface area contributed by atoms with Crippen LogP contribution in [-0.4, -0.2) is 23.1 Å². The number of anilines is 1. The first kappa shape index (κ1) is 18.3. The van der Waals surface area contributed by atoms with Gasteiger partial charge in [0.2, 0.25) is 0 Å². The minimum absolute atomic E-state index is 0.666. The van der Waals surface area contributed by atoms with Crippen molar-refractivity contribution in [2.24, 2.45) is 4.99 Å². The summed E-state index contributed by atoms with van der Waals surface area (Å²) in [5.74, 6) is 1.38. The van der Waals surface area contributed by atoms with Gasteiger partial charge >= 0.3 is 0 Å². The van der Waals surface area contributed by atoms with Gasteiger partial charge in [-0.15, -0.1) is 0 Å². The Kier molecular flexibility index (Phi) is 4.64. The van der Waals surface area contributed by atoms with Crippen molar-refractivity contribution in [1.82, 2.24) is 9.97 Å². The molecule has 5 heteroatoms. The second-order valence-electron chi connectivity index (χ2n) is 7.13. The van der Waals surface area contributed by atoms with Crippen molar-refractivity contribution in [2.75, 3.05) is 18.0 Å². The third-order valence-electron chi connectivity index (χ3n) is 5.37. The Morgan fingerprint density at radius 1 is 0.900 bits per heavy atom. The summed E-state index contributed by atoms with van der Waals surface area (Å²) in [6.07, 6.45) is 1.75. The maximum atomic E-state index is 6.34. The lowest BCUT2D eigenvalue weighted by Gasteiger charge is -2.21. The molecule has 1 aliphatic heterocycles. The third-order valence-corrected chi connectivity index (χ3v) is 5.37. The highest BCUT2D eigenvalue weighted by Crippen LogP contribution is 2.31. The molecular weight excluding hydrogens is 372 g/mol. The molecule has 0 unspecified atom stereocenters. The lowest BCUT2D eigenvalue weighted by molar-refractivity contribution is 0.613. The molecule has 1 aromatic heterocycles. The zero-order chi connectivity index (χ0) is 20.5. The van der Waals surface area contributed by atoms with Crippen molar-refractivity contribution >= 4 is 33.4 Å². The summed E-state index contributed by atoms with van der Waals surface area (Å²) in [5, 5.41) is 2.86. The van der Waals surface area contributed by atoms with Crippen LogP contribution in [0.5, 0.6) is 0 Å². The molecule has 5 nitrogen and oxygen atoms in total. The highest BCUT2D eigenvalue weighted by molar-refractivity contribution is 5.96. The van der Waals surface area contributed by atoms with Gasteiger partial charge in [-0.05, 0) is 38.1 Å². The SMILES string of the molecule is CCN(CC)c1ccc2nc3c4ccccc4/c(=N/c4ccccn4)cc-3oc2c1. The Hall–Kier alpha value is -3.73. The standard InChI is InChI=1S/C25H22N4O/c1-3-29(4-2)17-12-13-20-22(15-17)30-23-16-21(27-24-11-7-8-14-26-24)18-9-5-6-10-19(18)25(23)28-20/h5-16H,3-4H2,1-2H3/b27-21+. The average Bonchev–Trinajstić information content (AvgIpc) is 2.79. The maximum absolute atomic E-state index is 6.34. The maximum Gasteiger partial charge on any atom is 0.155 e. The van der Waals surface area contributed by atoms with Crippen LogP contribution in [0.4, 0.5) is 11.5 Å². The van der Waals surface area contributed by atoms with E-state index >= 15 is 0 Å². The van der Waals surface area contributed by atoms with Crippen molar-refractivity contribution in [2.45, 2.75) is 13.8 Å². The lowest BCUT2D eigenvalue weighted by atomic mass is 10.0. The summed E-state index contributed by atoms with van der Waals surface area (Å²) >= 11 is 0. The van der Waals surface area contributed by atoms with Crippen molar-refractivity contribution in [3.63, 3.8) is 0 Å². The van der Waals surface area contributed by atoms with E-state index in [1.165, 1.54) is 0 Å². The highest BCUT2D eigenvalue weighted by atomic mass is 16.3. The Labute approximate surface area is 174 Å². The van der Waals surface area contributed by atoms with Crippen LogP contribution in [0.1, 0.15) is 13.8 Å². The number of pyridine rings is 1. The normalized spacial score (nSPS) is 12.1. The zero-order valence-corrected chi connectivity index (χ0v) is 17.0. The molecule has 5 rings (SSSR count). The first-order chi connectivity index (χ1) is 14.8. The zero-order valence-electron chi connectivity index (χ0n) is 17.0. The van der Waals surface area contributed by atoms with E-state index in [0.29, 0.717) is 11.6 Å². The molecule has 2 aliphatic rings. The summed E-state index contributed by atoms with van der Waals surface area (Å²) in [6.45, 7) is 6.20. The Balaban J connectivity index is 1.80. The molecule has 0 atom stereocenters. The van der Waals surface area contributed by atoms with E-state index in [4.69, 9.17) is 14.4 Å². The Morgan fingerprint density at radius 2 is 1.70 bits per heavy atom. The van der Waals surface area contributed by atoms with Crippen LogP contribution in [-0.2, 0) is 0 Å². The van der Waals surface area contributed by atoms with Crippen molar-refractivity contribution in [3.05, 3.63) is 78.3 Å². The first-order valence-electron chi connectivity index (χ1n) is 10.2. The van der Waals surface area contributed by atoms with Crippen LogP contribution in [0.2, 0.25) is 0 Å². The van der Waals surface area contributed by atoms with Crippen LogP contribution in [0, 0.1) is 0 Å². The van der Waals surface area contributed by atoms with E-state index in [9.17, 15) is 0 Å². The topological polar surface area (TPSA) is 54.5 Å². The number of benzene rings is 3. The van der Waals surface area contributed by atoms with Gasteiger partial charge in [0, 0.05) is 47.9 Å². The minimum Gasteiger partial charge on any atom is -0.453 e. The molecule has 0 N–H and O–H groups in total. The summed E-state index contributed by atoms with van der Waals surface area (Å²) < 4.78 is 6.34. The van der Waals surface area contributed by atoms with Gasteiger partial charge in [-0.3, -0.25) is 0 Å². The van der Waals surface area contributed by atoms with Crippen molar-refractivity contribution < 1.29 is 4.42 Å². The summed E-state index contributed by atoms with van der Waals surface area (Å²) in [5.41, 5.74) is 3.59. The lowest BCUT2D eigenvalue weighted by Crippen LogP contribution is -2.21. The largest absolute Gasteiger partial charge is 0.453 e. The smallest absolute Gasteiger partial charge is 0.155 e. The van der Waals surface area contributed by atoms with Gasteiger partial charge in [0.25, 0.3) is 0 Å². The van der Waals surface area contributed by atoms with Gasteiger partial charge in [-0.1, -0.05) is 30.3 Å². The number of hydrogen-bond acceptors (Lipinski definition) is 5. The predicted octanol–water partition coefficient (Wildman–Crippen LogP) is 5.56. The van der Waals surface area contributed by atoms with Crippen LogP contribution < -0.4 is 10.3 Å². The van der Waals surface area contributed by atoms with Crippen molar-refractivity contribution in [1.29, 1.82) is 0 Å². The molecule has 0 spiro atoms. The van der Waals surface area contributed by atoms with Gasteiger partial charge in [0.1, 0.15) is 11.2 Å². The quantitative estimate of drug-likeness (QED) is 0.296. The van der Waals surface area contributed by atoms with E-state index < -0.39 is 0 Å². The fraction of sp³-hybridized carbons (Fsp3) is 0.160. The minimum atomic E-state index is 0.666. The third kappa shape index (κ3) is 3.18. The number of rotatable bonds is 4. The molecule has 0 saturated heterocycles. The van der Waals surface area contributed by atoms with Crippen LogP contribution in [0.15, 0.2) is 82.3 Å². The Bertz CT molecular complexity index is 1370. The van der Waals surface area contributed by atoms with Gasteiger partial charge in [-0.2, -0.15) is 0 Å². The molecule has 2 heterocycles. The van der Waals surface area contributed by atoms with Crippen LogP contribution >= 0.6 is 0 Å². The van der Waals surface area contributed by atoms with E-state index in [1.54, 1.807) is 6.20 Å². The van der Waals surface area contributed by atoms with Crippen molar-refractivity contribution in [3.8, 4) is 11.5 Å². The number of aromatic nitrogens is 2. The van der Waals surface area contributed by atoms with E-state index in [2.05, 4.69) is 48.0 Å². The summed E-state index contributed by atoms with van der Waals surface area (Å²) in [4.78, 5) is 16.3. The number of fused-ring (bicyclic) bond motifs is 4. The first-order valence-corrected chi connectivity index (χ1v) is 10.2. The molecule has 0 bridgehead atoms. The van der Waals surface area contributed by atoms with Gasteiger partial charge in [-0.25, -0.2) is 15.0 Å². The fourth-order valence-electron chi connectivity index (χ4n) is 3.85. The monoisotopic (exact) mass is 394 g/mol. The van der Waals surface area contributed by atoms with E-state index in [0.717, 1.165) is 51.7 Å².